The normalized spacial score (nSPS) is 11.5. The molecule has 0 aromatic heterocycles. The minimum atomic E-state index is -3.91. The first-order valence-corrected chi connectivity index (χ1v) is 11.8. The van der Waals surface area contributed by atoms with Crippen molar-refractivity contribution in [2.45, 2.75) is 9.79 Å². The molecule has 3 aromatic carbocycles. The molecule has 11 heteroatoms. The second-order valence-corrected chi connectivity index (χ2v) is 9.60. The van der Waals surface area contributed by atoms with Crippen LogP contribution in [0.25, 0.3) is 0 Å². The molecule has 162 valence electrons. The smallest absolute Gasteiger partial charge is 0.266 e. The molecule has 0 spiro atoms. The van der Waals surface area contributed by atoms with E-state index in [9.17, 15) is 21.6 Å². The number of anilines is 1. The van der Waals surface area contributed by atoms with Crippen molar-refractivity contribution in [1.82, 2.24) is 10.3 Å². The number of ether oxygens (including phenoxy) is 1. The Kier molecular flexibility index (Phi) is 6.59. The third kappa shape index (κ3) is 5.60. The van der Waals surface area contributed by atoms with Crippen LogP contribution in [0, 0.1) is 0 Å². The van der Waals surface area contributed by atoms with Crippen molar-refractivity contribution in [1.29, 1.82) is 0 Å². The van der Waals surface area contributed by atoms with Crippen molar-refractivity contribution in [2.75, 3.05) is 11.8 Å². The topological polar surface area (TPSA) is 131 Å². The van der Waals surface area contributed by atoms with E-state index in [-0.39, 0.29) is 21.0 Å². The van der Waals surface area contributed by atoms with Crippen LogP contribution in [0.5, 0.6) is 5.75 Å². The molecule has 3 rings (SSSR count). The van der Waals surface area contributed by atoms with Crippen LogP contribution < -0.4 is 19.7 Å². The molecule has 0 fully saturated rings. The van der Waals surface area contributed by atoms with Gasteiger partial charge in [-0.3, -0.25) is 14.9 Å². The second-order valence-electron chi connectivity index (χ2n) is 6.23. The average Bonchev–Trinajstić information content (AvgIpc) is 2.78. The molecule has 0 aliphatic rings. The highest BCUT2D eigenvalue weighted by atomic mass is 32.2. The lowest BCUT2D eigenvalue weighted by molar-refractivity contribution is 0.0945. The maximum Gasteiger partial charge on any atom is 0.266 e. The summed E-state index contributed by atoms with van der Waals surface area (Å²) in [6, 6.07) is 18.9. The molecule has 1 amide bonds. The first kappa shape index (κ1) is 22.3. The molecule has 0 atom stereocenters. The zero-order chi connectivity index (χ0) is 22.5. The van der Waals surface area contributed by atoms with Gasteiger partial charge in [-0.25, -0.2) is 16.8 Å². The molecular weight excluding hydrogens is 442 g/mol. The quantitative estimate of drug-likeness (QED) is 0.441. The van der Waals surface area contributed by atoms with Crippen molar-refractivity contribution < 1.29 is 26.4 Å². The maximum atomic E-state index is 12.5. The molecule has 0 aliphatic heterocycles. The molecule has 0 bridgehead atoms. The summed E-state index contributed by atoms with van der Waals surface area (Å²) in [6.45, 7) is 0. The Bertz CT molecular complexity index is 1260. The minimum Gasteiger partial charge on any atom is -0.497 e. The van der Waals surface area contributed by atoms with Gasteiger partial charge in [0.15, 0.2) is 0 Å². The number of carbonyl (C=O) groups excluding carboxylic acids is 1. The molecule has 0 radical (unpaired) electrons. The molecule has 0 saturated heterocycles. The molecule has 3 aromatic rings. The van der Waals surface area contributed by atoms with Gasteiger partial charge in [-0.1, -0.05) is 18.2 Å². The summed E-state index contributed by atoms with van der Waals surface area (Å²) in [6.07, 6.45) is 0. The van der Waals surface area contributed by atoms with Gasteiger partial charge < -0.3 is 4.74 Å². The van der Waals surface area contributed by atoms with Crippen molar-refractivity contribution in [3.63, 3.8) is 0 Å². The summed E-state index contributed by atoms with van der Waals surface area (Å²) in [7, 11) is -6.26. The molecule has 3 N–H and O–H groups in total. The van der Waals surface area contributed by atoms with Gasteiger partial charge in [0.1, 0.15) is 5.75 Å². The van der Waals surface area contributed by atoms with Crippen LogP contribution in [0.3, 0.4) is 0 Å². The van der Waals surface area contributed by atoms with E-state index in [1.54, 1.807) is 18.2 Å². The summed E-state index contributed by atoms with van der Waals surface area (Å²) >= 11 is 0. The van der Waals surface area contributed by atoms with Crippen LogP contribution in [-0.4, -0.2) is 29.9 Å². The van der Waals surface area contributed by atoms with Crippen LogP contribution in [-0.2, 0) is 20.0 Å². The number of hydrazine groups is 1. The highest BCUT2D eigenvalue weighted by molar-refractivity contribution is 7.92. The first-order chi connectivity index (χ1) is 14.7. The lowest BCUT2D eigenvalue weighted by atomic mass is 10.2. The van der Waals surface area contributed by atoms with E-state index in [0.717, 1.165) is 0 Å². The third-order valence-electron chi connectivity index (χ3n) is 4.12. The van der Waals surface area contributed by atoms with Crippen LogP contribution in [0.2, 0.25) is 0 Å². The summed E-state index contributed by atoms with van der Waals surface area (Å²) in [5.74, 6) is -0.179. The number of amides is 1. The highest BCUT2D eigenvalue weighted by Crippen LogP contribution is 2.19. The summed E-state index contributed by atoms with van der Waals surface area (Å²) in [4.78, 5) is 14.3. The number of rotatable bonds is 8. The van der Waals surface area contributed by atoms with E-state index in [1.807, 2.05) is 4.83 Å². The third-order valence-corrected chi connectivity index (χ3v) is 6.78. The average molecular weight is 462 g/mol. The zero-order valence-electron chi connectivity index (χ0n) is 16.3. The molecule has 0 aliphatic carbocycles. The van der Waals surface area contributed by atoms with E-state index >= 15 is 0 Å². The Morgan fingerprint density at radius 1 is 0.742 bits per heavy atom. The van der Waals surface area contributed by atoms with Gasteiger partial charge in [0, 0.05) is 11.3 Å². The highest BCUT2D eigenvalue weighted by Gasteiger charge is 2.17. The molecule has 31 heavy (non-hydrogen) atoms. The van der Waals surface area contributed by atoms with Crippen molar-refractivity contribution in [3.05, 3.63) is 84.4 Å². The SMILES string of the molecule is COc1ccc(S(=O)(=O)Nc2ccc(C(=O)NNS(=O)(=O)c3ccccc3)cc2)cc1. The Hall–Kier alpha value is -3.41. The Labute approximate surface area is 180 Å². The van der Waals surface area contributed by atoms with Crippen molar-refractivity contribution >= 4 is 31.6 Å². The van der Waals surface area contributed by atoms with Crippen molar-refractivity contribution in [3.8, 4) is 5.75 Å². The van der Waals surface area contributed by atoms with Gasteiger partial charge in [0.2, 0.25) is 0 Å². The van der Waals surface area contributed by atoms with Crippen LogP contribution >= 0.6 is 0 Å². The van der Waals surface area contributed by atoms with E-state index in [0.29, 0.717) is 5.75 Å². The minimum absolute atomic E-state index is 0.00131. The van der Waals surface area contributed by atoms with Gasteiger partial charge in [-0.05, 0) is 60.7 Å². The van der Waals surface area contributed by atoms with Crippen molar-refractivity contribution in [2.24, 2.45) is 0 Å². The predicted molar refractivity (Wildman–Crippen MR) is 114 cm³/mol. The van der Waals surface area contributed by atoms with Gasteiger partial charge in [0.05, 0.1) is 16.9 Å². The van der Waals surface area contributed by atoms with Crippen LogP contribution in [0.1, 0.15) is 10.4 Å². The number of sulfonamides is 2. The van der Waals surface area contributed by atoms with Gasteiger partial charge in [-0.2, -0.15) is 0 Å². The molecular formula is C20H19N3O6S2. The molecule has 0 saturated carbocycles. The van der Waals surface area contributed by atoms with Crippen LogP contribution in [0.15, 0.2) is 88.7 Å². The van der Waals surface area contributed by atoms with Crippen LogP contribution in [0.4, 0.5) is 5.69 Å². The number of nitrogens with one attached hydrogen (secondary N) is 3. The molecule has 9 nitrogen and oxygen atoms in total. The van der Waals surface area contributed by atoms with Gasteiger partial charge >= 0.3 is 0 Å². The number of hydrogen-bond acceptors (Lipinski definition) is 6. The number of carbonyl (C=O) groups is 1. The number of methoxy groups -OCH3 is 1. The molecule has 0 unspecified atom stereocenters. The standard InChI is InChI=1S/C20H19N3O6S2/c1-29-17-11-13-19(14-12-17)30(25,26)22-16-9-7-15(8-10-16)20(24)21-23-31(27,28)18-5-3-2-4-6-18/h2-14,22-23H,1H3,(H,21,24). The zero-order valence-corrected chi connectivity index (χ0v) is 17.9. The lowest BCUT2D eigenvalue weighted by Crippen LogP contribution is -2.41. The predicted octanol–water partition coefficient (Wildman–Crippen LogP) is 2.12. The molecule has 0 heterocycles. The number of hydrogen-bond donors (Lipinski definition) is 3. The van der Waals surface area contributed by atoms with Gasteiger partial charge in [0.25, 0.3) is 26.0 Å². The number of benzene rings is 3. The first-order valence-electron chi connectivity index (χ1n) is 8.85. The lowest BCUT2D eigenvalue weighted by Gasteiger charge is -2.10. The monoisotopic (exact) mass is 461 g/mol. The second kappa shape index (κ2) is 9.16. The fourth-order valence-electron chi connectivity index (χ4n) is 2.50. The van der Waals surface area contributed by atoms with Gasteiger partial charge in [-0.15, -0.1) is 4.83 Å². The fraction of sp³-hybridized carbons (Fsp3) is 0.0500. The maximum absolute atomic E-state index is 12.5. The van der Waals surface area contributed by atoms with E-state index in [4.69, 9.17) is 4.74 Å². The summed E-state index contributed by atoms with van der Waals surface area (Å²) in [5, 5.41) is 0. The largest absolute Gasteiger partial charge is 0.497 e. The fourth-order valence-corrected chi connectivity index (χ4v) is 4.42. The van der Waals surface area contributed by atoms with E-state index in [2.05, 4.69) is 10.1 Å². The summed E-state index contributed by atoms with van der Waals surface area (Å²) < 4.78 is 56.6. The Morgan fingerprint density at radius 3 is 1.90 bits per heavy atom. The Balaban J connectivity index is 1.64. The Morgan fingerprint density at radius 2 is 1.32 bits per heavy atom. The summed E-state index contributed by atoms with van der Waals surface area (Å²) in [5.41, 5.74) is 2.48. The van der Waals surface area contributed by atoms with E-state index in [1.165, 1.54) is 67.8 Å². The van der Waals surface area contributed by atoms with E-state index < -0.39 is 26.0 Å².